The highest BCUT2D eigenvalue weighted by atomic mass is 16.5. The van der Waals surface area contributed by atoms with Crippen LogP contribution in [0.5, 0.6) is 5.75 Å². The lowest BCUT2D eigenvalue weighted by atomic mass is 10.1. The number of rotatable bonds is 6. The van der Waals surface area contributed by atoms with Gasteiger partial charge in [0, 0.05) is 6.42 Å². The zero-order valence-corrected chi connectivity index (χ0v) is 9.53. The van der Waals surface area contributed by atoms with Crippen molar-refractivity contribution in [3.63, 3.8) is 0 Å². The third-order valence-electron chi connectivity index (χ3n) is 2.20. The van der Waals surface area contributed by atoms with Gasteiger partial charge >= 0.3 is 0 Å². The van der Waals surface area contributed by atoms with E-state index in [1.54, 1.807) is 0 Å². The molecule has 16 heavy (non-hydrogen) atoms. The van der Waals surface area contributed by atoms with Gasteiger partial charge in [-0.3, -0.25) is 4.79 Å². The van der Waals surface area contributed by atoms with E-state index in [0.717, 1.165) is 12.0 Å². The standard InChI is InChI=1S/C12H18N2O2/c1-2-7-16-11-5-3-9(8-10(11)13)4-6-12(14)15/h3,5,8H,2,4,6-7,13H2,1H3,(H2,14,15). The summed E-state index contributed by atoms with van der Waals surface area (Å²) in [6.07, 6.45) is 1.91. The second-order valence-corrected chi connectivity index (χ2v) is 3.69. The fourth-order valence-electron chi connectivity index (χ4n) is 1.36. The molecular weight excluding hydrogens is 204 g/mol. The first kappa shape index (κ1) is 12.4. The molecule has 1 amide bonds. The number of carbonyl (C=O) groups is 1. The van der Waals surface area contributed by atoms with E-state index in [9.17, 15) is 4.79 Å². The number of hydrogen-bond donors (Lipinski definition) is 2. The molecule has 0 bridgehead atoms. The van der Waals surface area contributed by atoms with Crippen molar-refractivity contribution in [3.05, 3.63) is 23.8 Å². The van der Waals surface area contributed by atoms with E-state index < -0.39 is 0 Å². The number of carbonyl (C=O) groups excluding carboxylic acids is 1. The van der Waals surface area contributed by atoms with Crippen LogP contribution in [0.4, 0.5) is 5.69 Å². The van der Waals surface area contributed by atoms with Crippen molar-refractivity contribution in [2.24, 2.45) is 5.73 Å². The van der Waals surface area contributed by atoms with Crippen LogP contribution in [0.1, 0.15) is 25.3 Å². The maximum Gasteiger partial charge on any atom is 0.217 e. The third kappa shape index (κ3) is 3.81. The van der Waals surface area contributed by atoms with Crippen LogP contribution in [0.2, 0.25) is 0 Å². The largest absolute Gasteiger partial charge is 0.491 e. The van der Waals surface area contributed by atoms with Crippen LogP contribution >= 0.6 is 0 Å². The summed E-state index contributed by atoms with van der Waals surface area (Å²) in [7, 11) is 0. The molecule has 0 heterocycles. The topological polar surface area (TPSA) is 78.3 Å². The summed E-state index contributed by atoms with van der Waals surface area (Å²) in [5.74, 6) is 0.398. The lowest BCUT2D eigenvalue weighted by Crippen LogP contribution is -2.11. The minimum atomic E-state index is -0.301. The highest BCUT2D eigenvalue weighted by molar-refractivity contribution is 5.74. The normalized spacial score (nSPS) is 10.1. The summed E-state index contributed by atoms with van der Waals surface area (Å²) >= 11 is 0. The fraction of sp³-hybridized carbons (Fsp3) is 0.417. The molecule has 0 spiro atoms. The third-order valence-corrected chi connectivity index (χ3v) is 2.20. The lowest BCUT2D eigenvalue weighted by Gasteiger charge is -2.09. The summed E-state index contributed by atoms with van der Waals surface area (Å²) in [5, 5.41) is 0. The van der Waals surface area contributed by atoms with E-state index in [4.69, 9.17) is 16.2 Å². The minimum absolute atomic E-state index is 0.301. The fourth-order valence-corrected chi connectivity index (χ4v) is 1.36. The molecule has 0 unspecified atom stereocenters. The van der Waals surface area contributed by atoms with Crippen LogP contribution in [-0.2, 0) is 11.2 Å². The van der Waals surface area contributed by atoms with Crippen molar-refractivity contribution in [1.82, 2.24) is 0 Å². The van der Waals surface area contributed by atoms with E-state index in [0.29, 0.717) is 30.9 Å². The molecule has 0 atom stereocenters. The number of ether oxygens (including phenoxy) is 1. The first-order chi connectivity index (χ1) is 7.63. The molecule has 0 aliphatic rings. The smallest absolute Gasteiger partial charge is 0.217 e. The second kappa shape index (κ2) is 6.00. The van der Waals surface area contributed by atoms with E-state index in [-0.39, 0.29) is 5.91 Å². The number of nitrogens with two attached hydrogens (primary N) is 2. The van der Waals surface area contributed by atoms with Crippen LogP contribution in [0.25, 0.3) is 0 Å². The van der Waals surface area contributed by atoms with Gasteiger partial charge in [0.15, 0.2) is 0 Å². The van der Waals surface area contributed by atoms with Crippen molar-refractivity contribution in [2.45, 2.75) is 26.2 Å². The molecule has 1 aromatic rings. The molecule has 0 aliphatic heterocycles. The van der Waals surface area contributed by atoms with E-state index >= 15 is 0 Å². The van der Waals surface area contributed by atoms with Crippen LogP contribution in [0.3, 0.4) is 0 Å². The predicted octanol–water partition coefficient (Wildman–Crippen LogP) is 1.48. The minimum Gasteiger partial charge on any atom is -0.491 e. The maximum atomic E-state index is 10.6. The number of aryl methyl sites for hydroxylation is 1. The molecule has 0 aromatic heterocycles. The van der Waals surface area contributed by atoms with Crippen molar-refractivity contribution >= 4 is 11.6 Å². The Labute approximate surface area is 95.6 Å². The Bertz CT molecular complexity index is 364. The molecule has 4 heteroatoms. The van der Waals surface area contributed by atoms with Crippen LogP contribution in [0.15, 0.2) is 18.2 Å². The van der Waals surface area contributed by atoms with Crippen LogP contribution < -0.4 is 16.2 Å². The summed E-state index contributed by atoms with van der Waals surface area (Å²) in [6.45, 7) is 2.70. The highest BCUT2D eigenvalue weighted by Gasteiger charge is 2.03. The van der Waals surface area contributed by atoms with Gasteiger partial charge in [0.05, 0.1) is 12.3 Å². The van der Waals surface area contributed by atoms with E-state index in [2.05, 4.69) is 0 Å². The molecule has 1 aromatic carbocycles. The molecule has 4 nitrogen and oxygen atoms in total. The monoisotopic (exact) mass is 222 g/mol. The van der Waals surface area contributed by atoms with Gasteiger partial charge in [0.1, 0.15) is 5.75 Å². The van der Waals surface area contributed by atoms with Crippen molar-refractivity contribution in [3.8, 4) is 5.75 Å². The van der Waals surface area contributed by atoms with Crippen LogP contribution in [0, 0.1) is 0 Å². The highest BCUT2D eigenvalue weighted by Crippen LogP contribution is 2.23. The zero-order chi connectivity index (χ0) is 12.0. The Morgan fingerprint density at radius 3 is 2.75 bits per heavy atom. The van der Waals surface area contributed by atoms with Gasteiger partial charge in [-0.15, -0.1) is 0 Å². The molecule has 1 rings (SSSR count). The molecule has 88 valence electrons. The van der Waals surface area contributed by atoms with E-state index in [1.807, 2.05) is 25.1 Å². The molecular formula is C12H18N2O2. The number of hydrogen-bond acceptors (Lipinski definition) is 3. The Hall–Kier alpha value is -1.71. The average molecular weight is 222 g/mol. The van der Waals surface area contributed by atoms with Gasteiger partial charge < -0.3 is 16.2 Å². The van der Waals surface area contributed by atoms with Gasteiger partial charge in [-0.25, -0.2) is 0 Å². The van der Waals surface area contributed by atoms with Gasteiger partial charge in [-0.1, -0.05) is 13.0 Å². The Kier molecular flexibility index (Phi) is 4.64. The second-order valence-electron chi connectivity index (χ2n) is 3.69. The van der Waals surface area contributed by atoms with Gasteiger partial charge in [-0.05, 0) is 30.5 Å². The number of amides is 1. The number of primary amides is 1. The first-order valence-corrected chi connectivity index (χ1v) is 5.43. The summed E-state index contributed by atoms with van der Waals surface area (Å²) in [4.78, 5) is 10.6. The first-order valence-electron chi connectivity index (χ1n) is 5.43. The summed E-state index contributed by atoms with van der Waals surface area (Å²) in [6, 6.07) is 5.57. The Morgan fingerprint density at radius 2 is 2.19 bits per heavy atom. The van der Waals surface area contributed by atoms with E-state index in [1.165, 1.54) is 0 Å². The quantitative estimate of drug-likeness (QED) is 0.715. The number of nitrogen functional groups attached to an aromatic ring is 1. The zero-order valence-electron chi connectivity index (χ0n) is 9.53. The molecule has 4 N–H and O–H groups in total. The van der Waals surface area contributed by atoms with Crippen LogP contribution in [-0.4, -0.2) is 12.5 Å². The SMILES string of the molecule is CCCOc1ccc(CCC(N)=O)cc1N. The van der Waals surface area contributed by atoms with Crippen molar-refractivity contribution in [2.75, 3.05) is 12.3 Å². The Morgan fingerprint density at radius 1 is 1.44 bits per heavy atom. The predicted molar refractivity (Wildman–Crippen MR) is 64.2 cm³/mol. The Balaban J connectivity index is 2.63. The van der Waals surface area contributed by atoms with Gasteiger partial charge in [0.2, 0.25) is 5.91 Å². The molecule has 0 saturated carbocycles. The lowest BCUT2D eigenvalue weighted by molar-refractivity contribution is -0.117. The average Bonchev–Trinajstić information content (AvgIpc) is 2.25. The maximum absolute atomic E-state index is 10.6. The van der Waals surface area contributed by atoms with Gasteiger partial charge in [-0.2, -0.15) is 0 Å². The number of benzene rings is 1. The molecule has 0 aliphatic carbocycles. The van der Waals surface area contributed by atoms with Crippen molar-refractivity contribution < 1.29 is 9.53 Å². The molecule has 0 fully saturated rings. The molecule has 0 saturated heterocycles. The van der Waals surface area contributed by atoms with Crippen molar-refractivity contribution in [1.29, 1.82) is 0 Å². The summed E-state index contributed by atoms with van der Waals surface area (Å²) in [5.41, 5.74) is 12.5. The van der Waals surface area contributed by atoms with Gasteiger partial charge in [0.25, 0.3) is 0 Å². The summed E-state index contributed by atoms with van der Waals surface area (Å²) < 4.78 is 5.45. The molecule has 0 radical (unpaired) electrons. The number of anilines is 1.